The SMILES string of the molecule is O=C(O)C(CCN(CCCCc1ccc2c(n1)NCCC2)CCOc1cncc(F)c1)Nc1cc(-n2cccn2)ncn1. The molecule has 5 rings (SSSR count). The average Bonchev–Trinajstić information content (AvgIpc) is 3.56. The molecule has 0 saturated carbocycles. The normalized spacial score (nSPS) is 13.3. The topological polar surface area (TPSA) is 143 Å². The first kappa shape index (κ1) is 29.8. The summed E-state index contributed by atoms with van der Waals surface area (Å²) < 4.78 is 20.8. The summed E-state index contributed by atoms with van der Waals surface area (Å²) >= 11 is 0. The Labute approximate surface area is 249 Å². The predicted octanol–water partition coefficient (Wildman–Crippen LogP) is 3.61. The van der Waals surface area contributed by atoms with Gasteiger partial charge in [-0.2, -0.15) is 5.10 Å². The van der Waals surface area contributed by atoms with Crippen molar-refractivity contribution in [3.63, 3.8) is 0 Å². The number of aromatic nitrogens is 6. The quantitative estimate of drug-likeness (QED) is 0.165. The predicted molar refractivity (Wildman–Crippen MR) is 159 cm³/mol. The second kappa shape index (κ2) is 15.0. The Balaban J connectivity index is 1.16. The van der Waals surface area contributed by atoms with Crippen LogP contribution in [0.1, 0.15) is 36.9 Å². The van der Waals surface area contributed by atoms with E-state index in [9.17, 15) is 14.3 Å². The average molecular weight is 590 g/mol. The third-order valence-corrected chi connectivity index (χ3v) is 7.21. The molecule has 3 N–H and O–H groups in total. The van der Waals surface area contributed by atoms with E-state index in [2.05, 4.69) is 47.7 Å². The van der Waals surface area contributed by atoms with Crippen LogP contribution in [0.5, 0.6) is 5.75 Å². The molecule has 4 aromatic rings. The highest BCUT2D eigenvalue weighted by Gasteiger charge is 2.20. The van der Waals surface area contributed by atoms with Crippen LogP contribution in [0.25, 0.3) is 5.82 Å². The fraction of sp³-hybridized carbons (Fsp3) is 0.400. The molecule has 0 aliphatic carbocycles. The number of nitrogens with one attached hydrogen (secondary N) is 2. The van der Waals surface area contributed by atoms with E-state index in [1.807, 2.05) is 0 Å². The smallest absolute Gasteiger partial charge is 0.326 e. The molecule has 1 unspecified atom stereocenters. The highest BCUT2D eigenvalue weighted by atomic mass is 19.1. The van der Waals surface area contributed by atoms with Crippen molar-refractivity contribution in [3.05, 3.63) is 78.5 Å². The summed E-state index contributed by atoms with van der Waals surface area (Å²) in [6, 6.07) is 8.14. The van der Waals surface area contributed by atoms with E-state index in [0.717, 1.165) is 62.9 Å². The molecule has 13 heteroatoms. The Morgan fingerprint density at radius 2 is 2.12 bits per heavy atom. The number of nitrogens with zero attached hydrogens (tertiary/aromatic N) is 7. The maximum atomic E-state index is 13.5. The van der Waals surface area contributed by atoms with E-state index in [1.54, 1.807) is 29.2 Å². The Kier molecular flexibility index (Phi) is 10.4. The molecule has 0 amide bonds. The van der Waals surface area contributed by atoms with Crippen LogP contribution >= 0.6 is 0 Å². The minimum absolute atomic E-state index is 0.313. The van der Waals surface area contributed by atoms with Gasteiger partial charge in [-0.3, -0.25) is 9.88 Å². The van der Waals surface area contributed by atoms with Gasteiger partial charge in [0.15, 0.2) is 5.82 Å². The molecular weight excluding hydrogens is 553 g/mol. The molecule has 43 heavy (non-hydrogen) atoms. The fourth-order valence-corrected chi connectivity index (χ4v) is 4.95. The number of anilines is 2. The van der Waals surface area contributed by atoms with Gasteiger partial charge in [-0.25, -0.2) is 28.8 Å². The van der Waals surface area contributed by atoms with Crippen LogP contribution in [-0.4, -0.2) is 84.5 Å². The van der Waals surface area contributed by atoms with Crippen LogP contribution in [0.15, 0.2) is 61.4 Å². The monoisotopic (exact) mass is 589 g/mol. The first-order valence-corrected chi connectivity index (χ1v) is 14.5. The molecule has 12 nitrogen and oxygen atoms in total. The standard InChI is InChI=1S/C30H36FN9O3/c31-23-17-25(20-32-19-23)43-16-15-39(12-2-1-6-24-8-7-22-5-3-10-33-29(22)37-24)14-9-26(30(41)42)38-27-18-28(35-21-34-27)40-13-4-11-36-40/h4,7-8,11,13,17-21,26H,1-3,5-6,9-10,12,14-16H2,(H,33,37)(H,41,42)(H,34,35,38). The summed E-state index contributed by atoms with van der Waals surface area (Å²) in [7, 11) is 0. The van der Waals surface area contributed by atoms with Crippen molar-refractivity contribution in [2.45, 2.75) is 44.6 Å². The maximum absolute atomic E-state index is 13.5. The van der Waals surface area contributed by atoms with Crippen molar-refractivity contribution in [2.24, 2.45) is 0 Å². The summed E-state index contributed by atoms with van der Waals surface area (Å²) in [4.78, 5) is 31.3. The number of halogens is 1. The number of carboxylic acid groups (broad SMARTS) is 1. The van der Waals surface area contributed by atoms with E-state index in [4.69, 9.17) is 9.72 Å². The second-order valence-corrected chi connectivity index (χ2v) is 10.4. The summed E-state index contributed by atoms with van der Waals surface area (Å²) in [5.41, 5.74) is 2.34. The van der Waals surface area contributed by atoms with Crippen LogP contribution in [0.2, 0.25) is 0 Å². The highest BCUT2D eigenvalue weighted by molar-refractivity contribution is 5.76. The van der Waals surface area contributed by atoms with Gasteiger partial charge in [0.25, 0.3) is 0 Å². The molecule has 0 radical (unpaired) electrons. The number of rotatable bonds is 16. The first-order chi connectivity index (χ1) is 21.0. The minimum atomic E-state index is -0.978. The Hall–Kier alpha value is -4.65. The number of aliphatic carboxylic acids is 1. The molecule has 1 atom stereocenters. The molecule has 5 heterocycles. The second-order valence-electron chi connectivity index (χ2n) is 10.4. The number of hydrogen-bond donors (Lipinski definition) is 3. The van der Waals surface area contributed by atoms with Crippen LogP contribution in [0.4, 0.5) is 16.0 Å². The number of carbonyl (C=O) groups is 1. The zero-order chi connectivity index (χ0) is 29.9. The molecule has 1 aliphatic heterocycles. The van der Waals surface area contributed by atoms with Gasteiger partial charge in [0.2, 0.25) is 0 Å². The van der Waals surface area contributed by atoms with Gasteiger partial charge in [-0.05, 0) is 62.8 Å². The largest absolute Gasteiger partial charge is 0.491 e. The number of pyridine rings is 2. The summed E-state index contributed by atoms with van der Waals surface area (Å²) in [6.45, 7) is 3.07. The van der Waals surface area contributed by atoms with Crippen molar-refractivity contribution in [1.29, 1.82) is 0 Å². The number of hydrogen-bond acceptors (Lipinski definition) is 10. The molecule has 0 fully saturated rings. The van der Waals surface area contributed by atoms with Crippen LogP contribution in [-0.2, 0) is 17.6 Å². The van der Waals surface area contributed by atoms with Gasteiger partial charge >= 0.3 is 5.97 Å². The molecule has 0 spiro atoms. The lowest BCUT2D eigenvalue weighted by Gasteiger charge is -2.24. The zero-order valence-electron chi connectivity index (χ0n) is 23.9. The van der Waals surface area contributed by atoms with Crippen LogP contribution in [0, 0.1) is 5.82 Å². The minimum Gasteiger partial charge on any atom is -0.491 e. The van der Waals surface area contributed by atoms with E-state index in [0.29, 0.717) is 43.5 Å². The zero-order valence-corrected chi connectivity index (χ0v) is 23.9. The molecule has 226 valence electrons. The van der Waals surface area contributed by atoms with Gasteiger partial charge in [-0.15, -0.1) is 0 Å². The van der Waals surface area contributed by atoms with Gasteiger partial charge in [0.05, 0.1) is 12.4 Å². The lowest BCUT2D eigenvalue weighted by Crippen LogP contribution is -2.37. The van der Waals surface area contributed by atoms with Gasteiger partial charge in [0, 0.05) is 49.9 Å². The van der Waals surface area contributed by atoms with Gasteiger partial charge < -0.3 is 20.5 Å². The van der Waals surface area contributed by atoms with Crippen LogP contribution < -0.4 is 15.4 Å². The maximum Gasteiger partial charge on any atom is 0.326 e. The lowest BCUT2D eigenvalue weighted by molar-refractivity contribution is -0.138. The Morgan fingerprint density at radius 1 is 1.19 bits per heavy atom. The number of unbranched alkanes of at least 4 members (excludes halogenated alkanes) is 1. The van der Waals surface area contributed by atoms with E-state index in [-0.39, 0.29) is 0 Å². The molecule has 4 aromatic heterocycles. The van der Waals surface area contributed by atoms with Crippen LogP contribution in [0.3, 0.4) is 0 Å². The molecule has 0 saturated heterocycles. The van der Waals surface area contributed by atoms with Crippen molar-refractivity contribution >= 4 is 17.6 Å². The van der Waals surface area contributed by atoms with Crippen molar-refractivity contribution < 1.29 is 19.0 Å². The number of carboxylic acids is 1. The lowest BCUT2D eigenvalue weighted by atomic mass is 10.1. The Bertz CT molecular complexity index is 1470. The summed E-state index contributed by atoms with van der Waals surface area (Å²) in [6.07, 6.45) is 12.6. The summed E-state index contributed by atoms with van der Waals surface area (Å²) in [5.74, 6) is 0.843. The third-order valence-electron chi connectivity index (χ3n) is 7.21. The van der Waals surface area contributed by atoms with Gasteiger partial charge in [-0.1, -0.05) is 6.07 Å². The summed E-state index contributed by atoms with van der Waals surface area (Å²) in [5, 5.41) is 20.5. The van der Waals surface area contributed by atoms with Crippen molar-refractivity contribution in [2.75, 3.05) is 43.4 Å². The number of fused-ring (bicyclic) bond motifs is 1. The van der Waals surface area contributed by atoms with E-state index < -0.39 is 17.8 Å². The highest BCUT2D eigenvalue weighted by Crippen LogP contribution is 2.20. The number of aryl methyl sites for hydroxylation is 2. The fourth-order valence-electron chi connectivity index (χ4n) is 4.95. The first-order valence-electron chi connectivity index (χ1n) is 14.5. The van der Waals surface area contributed by atoms with E-state index in [1.165, 1.54) is 24.2 Å². The molecular formula is C30H36FN9O3. The Morgan fingerprint density at radius 3 is 2.95 bits per heavy atom. The molecule has 1 aliphatic rings. The van der Waals surface area contributed by atoms with E-state index >= 15 is 0 Å². The number of ether oxygens (including phenoxy) is 1. The molecule has 0 aromatic carbocycles. The van der Waals surface area contributed by atoms with Gasteiger partial charge in [0.1, 0.15) is 42.2 Å². The van der Waals surface area contributed by atoms with Crippen molar-refractivity contribution in [3.8, 4) is 11.6 Å². The third kappa shape index (κ3) is 8.92. The molecule has 0 bridgehead atoms. The van der Waals surface area contributed by atoms with Crippen molar-refractivity contribution in [1.82, 2.24) is 34.6 Å².